The molecule has 1 saturated heterocycles. The highest BCUT2D eigenvalue weighted by atomic mass is 35.5. The Kier molecular flexibility index (Phi) is 5.48. The molecular weight excluding hydrogens is 357 g/mol. The summed E-state index contributed by atoms with van der Waals surface area (Å²) in [7, 11) is 0. The van der Waals surface area contributed by atoms with Gasteiger partial charge in [-0.2, -0.15) is 18.2 Å². The molecule has 2 aromatic rings. The zero-order chi connectivity index (χ0) is 17.9. The Morgan fingerprint density at radius 2 is 1.76 bits per heavy atom. The number of alkyl halides is 3. The van der Waals surface area contributed by atoms with Crippen LogP contribution in [0.4, 0.5) is 19.2 Å². The van der Waals surface area contributed by atoms with Crippen LogP contribution in [0.25, 0.3) is 0 Å². The summed E-state index contributed by atoms with van der Waals surface area (Å²) in [6.07, 6.45) is -4.58. The normalized spacial score (nSPS) is 16.4. The number of piperazine rings is 1. The molecule has 136 valence electrons. The predicted molar refractivity (Wildman–Crippen MR) is 87.9 cm³/mol. The van der Waals surface area contributed by atoms with Crippen LogP contribution in [0.1, 0.15) is 11.4 Å². The fourth-order valence-electron chi connectivity index (χ4n) is 2.73. The number of halogens is 4. The molecular formula is C16H18ClF3N4O. The van der Waals surface area contributed by atoms with E-state index in [0.29, 0.717) is 13.1 Å². The van der Waals surface area contributed by atoms with Gasteiger partial charge in [0.05, 0.1) is 0 Å². The van der Waals surface area contributed by atoms with Crippen LogP contribution >= 0.6 is 11.6 Å². The second kappa shape index (κ2) is 7.61. The highest BCUT2D eigenvalue weighted by molar-refractivity contribution is 6.30. The van der Waals surface area contributed by atoms with Gasteiger partial charge < -0.3 is 9.42 Å². The van der Waals surface area contributed by atoms with Crippen LogP contribution in [-0.2, 0) is 12.8 Å². The first kappa shape index (κ1) is 18.0. The third-order valence-electron chi connectivity index (χ3n) is 4.09. The molecule has 1 aliphatic rings. The van der Waals surface area contributed by atoms with Crippen LogP contribution in [0.2, 0.25) is 5.02 Å². The van der Waals surface area contributed by atoms with Gasteiger partial charge in [-0.3, -0.25) is 4.90 Å². The maximum Gasteiger partial charge on any atom is 0.396 e. The SMILES string of the molecule is FC(F)(F)Cc1noc(N2CCN(CCc3ccc(Cl)cc3)CC2)n1. The van der Waals surface area contributed by atoms with E-state index in [2.05, 4.69) is 15.0 Å². The number of benzene rings is 1. The summed E-state index contributed by atoms with van der Waals surface area (Å²) in [5, 5.41) is 4.13. The lowest BCUT2D eigenvalue weighted by Crippen LogP contribution is -2.47. The third-order valence-corrected chi connectivity index (χ3v) is 4.34. The average Bonchev–Trinajstić information content (AvgIpc) is 3.01. The van der Waals surface area contributed by atoms with Gasteiger partial charge in [0.1, 0.15) is 6.42 Å². The van der Waals surface area contributed by atoms with Crippen molar-refractivity contribution >= 4 is 17.6 Å². The first-order valence-corrected chi connectivity index (χ1v) is 8.38. The number of rotatable bonds is 5. The molecule has 0 bridgehead atoms. The second-order valence-electron chi connectivity index (χ2n) is 5.99. The van der Waals surface area contributed by atoms with E-state index >= 15 is 0 Å². The van der Waals surface area contributed by atoms with E-state index in [9.17, 15) is 13.2 Å². The van der Waals surface area contributed by atoms with E-state index in [1.54, 1.807) is 0 Å². The van der Waals surface area contributed by atoms with Gasteiger partial charge in [-0.25, -0.2) is 0 Å². The Labute approximate surface area is 148 Å². The van der Waals surface area contributed by atoms with Crippen molar-refractivity contribution in [2.75, 3.05) is 37.6 Å². The highest BCUT2D eigenvalue weighted by Gasteiger charge is 2.31. The van der Waals surface area contributed by atoms with Gasteiger partial charge in [-0.1, -0.05) is 28.9 Å². The van der Waals surface area contributed by atoms with E-state index in [0.717, 1.165) is 31.1 Å². The van der Waals surface area contributed by atoms with Crippen LogP contribution in [0.15, 0.2) is 28.8 Å². The molecule has 2 heterocycles. The maximum atomic E-state index is 12.3. The van der Waals surface area contributed by atoms with E-state index in [1.807, 2.05) is 29.2 Å². The topological polar surface area (TPSA) is 45.4 Å². The van der Waals surface area contributed by atoms with Crippen LogP contribution in [-0.4, -0.2) is 53.9 Å². The molecule has 25 heavy (non-hydrogen) atoms. The van der Waals surface area contributed by atoms with Crippen molar-refractivity contribution in [1.29, 1.82) is 0 Å². The summed E-state index contributed by atoms with van der Waals surface area (Å²) < 4.78 is 42.0. The van der Waals surface area contributed by atoms with Gasteiger partial charge in [-0.15, -0.1) is 0 Å². The lowest BCUT2D eigenvalue weighted by Gasteiger charge is -2.33. The van der Waals surface area contributed by atoms with Crippen molar-refractivity contribution < 1.29 is 17.7 Å². The molecule has 3 rings (SSSR count). The largest absolute Gasteiger partial charge is 0.396 e. The molecule has 9 heteroatoms. The molecule has 0 atom stereocenters. The van der Waals surface area contributed by atoms with Crippen LogP contribution in [0, 0.1) is 0 Å². The quantitative estimate of drug-likeness (QED) is 0.804. The molecule has 0 aliphatic carbocycles. The molecule has 1 aromatic heterocycles. The van der Waals surface area contributed by atoms with Gasteiger partial charge in [0.15, 0.2) is 5.82 Å². The van der Waals surface area contributed by atoms with Crippen LogP contribution < -0.4 is 4.90 Å². The Morgan fingerprint density at radius 1 is 1.08 bits per heavy atom. The van der Waals surface area contributed by atoms with Crippen LogP contribution in [0.3, 0.4) is 0 Å². The van der Waals surface area contributed by atoms with Gasteiger partial charge in [-0.05, 0) is 24.1 Å². The number of aromatic nitrogens is 2. The summed E-state index contributed by atoms with van der Waals surface area (Å²) in [6, 6.07) is 7.95. The first-order valence-electron chi connectivity index (χ1n) is 8.00. The smallest absolute Gasteiger partial charge is 0.322 e. The summed E-state index contributed by atoms with van der Waals surface area (Å²) in [5.41, 5.74) is 1.22. The van der Waals surface area contributed by atoms with Crippen molar-refractivity contribution in [2.45, 2.75) is 19.0 Å². The molecule has 0 saturated carbocycles. The molecule has 0 unspecified atom stereocenters. The molecule has 0 spiro atoms. The minimum atomic E-state index is -4.33. The minimum Gasteiger partial charge on any atom is -0.322 e. The standard InChI is InChI=1S/C16H18ClF3N4O/c17-13-3-1-12(2-4-13)5-6-23-7-9-24(10-8-23)15-21-14(22-25-15)11-16(18,19)20/h1-4H,5-11H2. The first-order chi connectivity index (χ1) is 11.9. The fourth-order valence-corrected chi connectivity index (χ4v) is 2.85. The van der Waals surface area contributed by atoms with Gasteiger partial charge in [0, 0.05) is 37.7 Å². The van der Waals surface area contributed by atoms with Crippen molar-refractivity contribution in [2.24, 2.45) is 0 Å². The number of hydrogen-bond donors (Lipinski definition) is 0. The van der Waals surface area contributed by atoms with Crippen molar-refractivity contribution in [3.05, 3.63) is 40.7 Å². The lowest BCUT2D eigenvalue weighted by atomic mass is 10.1. The van der Waals surface area contributed by atoms with Crippen molar-refractivity contribution in [1.82, 2.24) is 15.0 Å². The third kappa shape index (κ3) is 5.34. The van der Waals surface area contributed by atoms with E-state index in [1.165, 1.54) is 5.56 Å². The fraction of sp³-hybridized carbons (Fsp3) is 0.500. The lowest BCUT2D eigenvalue weighted by molar-refractivity contribution is -0.128. The Balaban J connectivity index is 1.46. The van der Waals surface area contributed by atoms with Gasteiger partial charge in [0.2, 0.25) is 0 Å². The minimum absolute atomic E-state index is 0.164. The predicted octanol–water partition coefficient (Wildman–Crippen LogP) is 3.19. The Hall–Kier alpha value is -1.80. The molecule has 0 radical (unpaired) electrons. The van der Waals surface area contributed by atoms with E-state index < -0.39 is 12.6 Å². The zero-order valence-electron chi connectivity index (χ0n) is 13.5. The van der Waals surface area contributed by atoms with Crippen LogP contribution in [0.5, 0.6) is 0 Å². The van der Waals surface area contributed by atoms with E-state index in [-0.39, 0.29) is 11.8 Å². The monoisotopic (exact) mass is 374 g/mol. The zero-order valence-corrected chi connectivity index (χ0v) is 14.2. The molecule has 0 N–H and O–H groups in total. The summed E-state index contributed by atoms with van der Waals surface area (Å²) in [4.78, 5) is 7.97. The Bertz CT molecular complexity index is 681. The van der Waals surface area contributed by atoms with E-state index in [4.69, 9.17) is 16.1 Å². The second-order valence-corrected chi connectivity index (χ2v) is 6.43. The maximum absolute atomic E-state index is 12.3. The summed E-state index contributed by atoms with van der Waals surface area (Å²) in [6.45, 7) is 3.80. The molecule has 0 amide bonds. The molecule has 5 nitrogen and oxygen atoms in total. The molecule has 1 aliphatic heterocycles. The molecule has 1 fully saturated rings. The molecule has 1 aromatic carbocycles. The highest BCUT2D eigenvalue weighted by Crippen LogP contribution is 2.22. The summed E-state index contributed by atoms with van der Waals surface area (Å²) in [5.74, 6) is -0.326. The van der Waals surface area contributed by atoms with Crippen molar-refractivity contribution in [3.8, 4) is 0 Å². The number of anilines is 1. The number of hydrogen-bond acceptors (Lipinski definition) is 5. The Morgan fingerprint density at radius 3 is 2.40 bits per heavy atom. The average molecular weight is 375 g/mol. The van der Waals surface area contributed by atoms with Gasteiger partial charge in [0.25, 0.3) is 0 Å². The summed E-state index contributed by atoms with van der Waals surface area (Å²) >= 11 is 5.87. The van der Waals surface area contributed by atoms with Gasteiger partial charge >= 0.3 is 12.2 Å². The van der Waals surface area contributed by atoms with Crippen molar-refractivity contribution in [3.63, 3.8) is 0 Å². The number of nitrogens with zero attached hydrogens (tertiary/aromatic N) is 4.